The minimum atomic E-state index is -0.293. The van der Waals surface area contributed by atoms with E-state index in [2.05, 4.69) is 21.6 Å². The van der Waals surface area contributed by atoms with Gasteiger partial charge in [0.1, 0.15) is 30.8 Å². The monoisotopic (exact) mass is 526 g/mol. The van der Waals surface area contributed by atoms with Crippen LogP contribution in [0.5, 0.6) is 11.5 Å². The van der Waals surface area contributed by atoms with Crippen LogP contribution < -0.4 is 14.8 Å². The van der Waals surface area contributed by atoms with Crippen molar-refractivity contribution in [2.45, 2.75) is 6.92 Å². The number of anilines is 1. The number of carbonyl (C=O) groups excluding carboxylic acids is 1. The molecular formula is C29H26N4O4S. The number of amides is 1. The zero-order valence-corrected chi connectivity index (χ0v) is 21.6. The first-order valence-corrected chi connectivity index (χ1v) is 12.7. The Morgan fingerprint density at radius 1 is 0.921 bits per heavy atom. The molecule has 1 amide bonds. The second-order valence-electron chi connectivity index (χ2n) is 8.06. The predicted molar refractivity (Wildman–Crippen MR) is 147 cm³/mol. The highest BCUT2D eigenvalue weighted by Crippen LogP contribution is 2.28. The van der Waals surface area contributed by atoms with E-state index >= 15 is 0 Å². The highest BCUT2D eigenvalue weighted by atomic mass is 32.1. The number of benzene rings is 3. The lowest BCUT2D eigenvalue weighted by molar-refractivity contribution is 0.0764. The summed E-state index contributed by atoms with van der Waals surface area (Å²) in [5.74, 6) is 1.13. The van der Waals surface area contributed by atoms with Crippen molar-refractivity contribution in [2.75, 3.05) is 31.7 Å². The van der Waals surface area contributed by atoms with E-state index in [1.807, 2.05) is 61.5 Å². The molecule has 0 spiro atoms. The third kappa shape index (κ3) is 7.74. The number of hydrogen-bond acceptors (Lipinski definition) is 8. The Morgan fingerprint density at radius 2 is 1.63 bits per heavy atom. The Morgan fingerprint density at radius 3 is 2.39 bits per heavy atom. The summed E-state index contributed by atoms with van der Waals surface area (Å²) in [6.45, 7) is 3.65. The molecule has 8 nitrogen and oxygen atoms in total. The van der Waals surface area contributed by atoms with E-state index < -0.39 is 0 Å². The molecule has 0 fully saturated rings. The summed E-state index contributed by atoms with van der Waals surface area (Å²) in [5.41, 5.74) is 2.72. The molecule has 1 heterocycles. The molecular weight excluding hydrogens is 500 g/mol. The van der Waals surface area contributed by atoms with E-state index in [0.29, 0.717) is 53.5 Å². The van der Waals surface area contributed by atoms with Gasteiger partial charge in [0.2, 0.25) is 5.13 Å². The third-order valence-electron chi connectivity index (χ3n) is 5.25. The number of para-hydroxylation sites is 1. The molecule has 0 unspecified atom stereocenters. The molecule has 0 atom stereocenters. The maximum absolute atomic E-state index is 12.4. The average molecular weight is 527 g/mol. The summed E-state index contributed by atoms with van der Waals surface area (Å²) in [6.07, 6.45) is 1.69. The molecule has 192 valence electrons. The van der Waals surface area contributed by atoms with E-state index in [-0.39, 0.29) is 5.91 Å². The van der Waals surface area contributed by atoms with Crippen LogP contribution in [-0.4, -0.2) is 42.5 Å². The van der Waals surface area contributed by atoms with Crippen LogP contribution in [0, 0.1) is 18.3 Å². The zero-order valence-electron chi connectivity index (χ0n) is 20.8. The van der Waals surface area contributed by atoms with Gasteiger partial charge in [-0.1, -0.05) is 65.4 Å². The van der Waals surface area contributed by atoms with Gasteiger partial charge in [-0.3, -0.25) is 10.1 Å². The van der Waals surface area contributed by atoms with Crippen molar-refractivity contribution in [2.24, 2.45) is 0 Å². The first kappa shape index (κ1) is 26.5. The number of nitrogens with one attached hydrogen (secondary N) is 1. The number of nitrogens with zero attached hydrogens (tertiary/aromatic N) is 3. The van der Waals surface area contributed by atoms with Crippen molar-refractivity contribution in [1.82, 2.24) is 10.2 Å². The summed E-state index contributed by atoms with van der Waals surface area (Å²) >= 11 is 1.12. The summed E-state index contributed by atoms with van der Waals surface area (Å²) in [7, 11) is 0. The molecule has 0 radical (unpaired) electrons. The summed E-state index contributed by atoms with van der Waals surface area (Å²) in [4.78, 5) is 12.4. The summed E-state index contributed by atoms with van der Waals surface area (Å²) in [6, 6.07) is 26.2. The van der Waals surface area contributed by atoms with Gasteiger partial charge in [-0.25, -0.2) is 0 Å². The molecule has 0 aliphatic rings. The van der Waals surface area contributed by atoms with Gasteiger partial charge in [0.15, 0.2) is 5.01 Å². The number of nitriles is 1. The van der Waals surface area contributed by atoms with Crippen LogP contribution >= 0.6 is 11.3 Å². The van der Waals surface area contributed by atoms with Gasteiger partial charge in [-0.2, -0.15) is 5.26 Å². The first-order chi connectivity index (χ1) is 18.6. The van der Waals surface area contributed by atoms with E-state index in [1.165, 1.54) is 5.56 Å². The molecule has 38 heavy (non-hydrogen) atoms. The van der Waals surface area contributed by atoms with Crippen molar-refractivity contribution in [1.29, 1.82) is 5.26 Å². The number of rotatable bonds is 12. The van der Waals surface area contributed by atoms with Crippen LogP contribution in [0.1, 0.15) is 26.5 Å². The standard InChI is InChI=1S/C29H26N4O4S/c1-21-11-13-25(14-12-21)36-17-15-35-16-18-37-26-10-6-5-9-23(26)19-24(20-30)28-32-33-29(38-28)31-27(34)22-7-3-2-4-8-22/h2-14,19H,15-18H2,1H3,(H,31,33,34)/b24-19+. The molecule has 0 aliphatic heterocycles. The van der Waals surface area contributed by atoms with Gasteiger partial charge in [0.05, 0.1) is 18.8 Å². The SMILES string of the molecule is Cc1ccc(OCCOCCOc2ccccc2/C=C(\C#N)c2nnc(NC(=O)c3ccccc3)s2)cc1. The molecule has 3 aromatic carbocycles. The largest absolute Gasteiger partial charge is 0.491 e. The minimum Gasteiger partial charge on any atom is -0.491 e. The number of aryl methyl sites for hydroxylation is 1. The zero-order chi connectivity index (χ0) is 26.6. The molecule has 0 saturated carbocycles. The van der Waals surface area contributed by atoms with Crippen molar-refractivity contribution < 1.29 is 19.0 Å². The summed E-state index contributed by atoms with van der Waals surface area (Å²) < 4.78 is 17.2. The first-order valence-electron chi connectivity index (χ1n) is 11.9. The van der Waals surface area contributed by atoms with Crippen molar-refractivity contribution in [3.05, 3.63) is 101 Å². The van der Waals surface area contributed by atoms with Crippen LogP contribution in [0.4, 0.5) is 5.13 Å². The maximum atomic E-state index is 12.4. The molecule has 0 aliphatic carbocycles. The van der Waals surface area contributed by atoms with E-state index in [1.54, 1.807) is 30.3 Å². The molecule has 0 bridgehead atoms. The normalized spacial score (nSPS) is 11.0. The highest BCUT2D eigenvalue weighted by molar-refractivity contribution is 7.16. The van der Waals surface area contributed by atoms with Gasteiger partial charge in [0, 0.05) is 11.1 Å². The quantitative estimate of drug-likeness (QED) is 0.188. The second-order valence-corrected chi connectivity index (χ2v) is 9.04. The van der Waals surface area contributed by atoms with Gasteiger partial charge >= 0.3 is 0 Å². The summed E-state index contributed by atoms with van der Waals surface area (Å²) in [5, 5.41) is 21.3. The van der Waals surface area contributed by atoms with Crippen molar-refractivity contribution >= 4 is 34.0 Å². The number of allylic oxidation sites excluding steroid dienone is 1. The number of hydrogen-bond donors (Lipinski definition) is 1. The van der Waals surface area contributed by atoms with Gasteiger partial charge in [-0.05, 0) is 43.3 Å². The number of ether oxygens (including phenoxy) is 3. The minimum absolute atomic E-state index is 0.293. The molecule has 0 saturated heterocycles. The molecule has 9 heteroatoms. The van der Waals surface area contributed by atoms with Crippen LogP contribution in [0.2, 0.25) is 0 Å². The second kappa shape index (κ2) is 13.7. The third-order valence-corrected chi connectivity index (χ3v) is 6.13. The fraction of sp³-hybridized carbons (Fsp3) is 0.172. The Kier molecular flexibility index (Phi) is 9.56. The Balaban J connectivity index is 1.29. The van der Waals surface area contributed by atoms with E-state index in [9.17, 15) is 10.1 Å². The van der Waals surface area contributed by atoms with Gasteiger partial charge in [-0.15, -0.1) is 10.2 Å². The van der Waals surface area contributed by atoms with Crippen LogP contribution in [0.3, 0.4) is 0 Å². The van der Waals surface area contributed by atoms with Crippen molar-refractivity contribution in [3.63, 3.8) is 0 Å². The Bertz CT molecular complexity index is 1410. The molecule has 4 aromatic rings. The lowest BCUT2D eigenvalue weighted by atomic mass is 10.1. The Hall–Kier alpha value is -4.52. The van der Waals surface area contributed by atoms with E-state index in [0.717, 1.165) is 22.6 Å². The lowest BCUT2D eigenvalue weighted by Crippen LogP contribution is -2.12. The predicted octanol–water partition coefficient (Wildman–Crippen LogP) is 5.64. The number of aromatic nitrogens is 2. The molecule has 1 aromatic heterocycles. The van der Waals surface area contributed by atoms with Gasteiger partial charge in [0.25, 0.3) is 5.91 Å². The fourth-order valence-electron chi connectivity index (χ4n) is 3.34. The number of carbonyl (C=O) groups is 1. The highest BCUT2D eigenvalue weighted by Gasteiger charge is 2.13. The van der Waals surface area contributed by atoms with Crippen LogP contribution in [0.25, 0.3) is 11.6 Å². The van der Waals surface area contributed by atoms with Crippen molar-refractivity contribution in [3.8, 4) is 17.6 Å². The van der Waals surface area contributed by atoms with Crippen LogP contribution in [0.15, 0.2) is 78.9 Å². The lowest BCUT2D eigenvalue weighted by Gasteiger charge is -2.10. The topological polar surface area (TPSA) is 106 Å². The average Bonchev–Trinajstić information content (AvgIpc) is 3.41. The van der Waals surface area contributed by atoms with Crippen LogP contribution in [-0.2, 0) is 4.74 Å². The smallest absolute Gasteiger partial charge is 0.257 e. The van der Waals surface area contributed by atoms with Gasteiger partial charge < -0.3 is 14.2 Å². The Labute approximate surface area is 225 Å². The molecule has 4 rings (SSSR count). The van der Waals surface area contributed by atoms with E-state index in [4.69, 9.17) is 14.2 Å². The fourth-order valence-corrected chi connectivity index (χ4v) is 4.04. The maximum Gasteiger partial charge on any atom is 0.257 e. The molecule has 1 N–H and O–H groups in total.